The molecule has 0 bridgehead atoms. The highest BCUT2D eigenvalue weighted by Gasteiger charge is 2.49. The summed E-state index contributed by atoms with van der Waals surface area (Å²) >= 11 is 0. The first-order valence-corrected chi connectivity index (χ1v) is 12.5. The molecule has 5 rings (SSSR count). The molecular formula is C26H41N3O. The number of nitrogens with one attached hydrogen (secondary N) is 1. The van der Waals surface area contributed by atoms with Gasteiger partial charge in [-0.1, -0.05) is 38.1 Å². The van der Waals surface area contributed by atoms with Gasteiger partial charge in [-0.25, -0.2) is 0 Å². The zero-order valence-corrected chi connectivity index (χ0v) is 19.1. The third-order valence-electron chi connectivity index (χ3n) is 8.61. The maximum absolute atomic E-state index is 5.66. The van der Waals surface area contributed by atoms with Crippen molar-refractivity contribution < 1.29 is 4.74 Å². The van der Waals surface area contributed by atoms with E-state index < -0.39 is 0 Å². The van der Waals surface area contributed by atoms with Crippen molar-refractivity contribution in [2.75, 3.05) is 45.9 Å². The highest BCUT2D eigenvalue weighted by Crippen LogP contribution is 2.52. The summed E-state index contributed by atoms with van der Waals surface area (Å²) < 4.78 is 5.66. The fraction of sp³-hybridized carbons (Fsp3) is 0.769. The number of hydrogen-bond acceptors (Lipinski definition) is 4. The van der Waals surface area contributed by atoms with Crippen LogP contribution < -0.4 is 5.32 Å². The van der Waals surface area contributed by atoms with E-state index in [2.05, 4.69) is 53.2 Å². The second kappa shape index (κ2) is 8.90. The Kier molecular flexibility index (Phi) is 6.21. The molecule has 1 unspecified atom stereocenters. The van der Waals surface area contributed by atoms with Crippen molar-refractivity contribution in [3.05, 3.63) is 35.4 Å². The van der Waals surface area contributed by atoms with Crippen LogP contribution in [0.3, 0.4) is 0 Å². The SMILES string of the molecule is CC(C)c1ccccc1C1CN(C2CCOCC2)CCN1C1CC2(CCNCC2)C1. The number of ether oxygens (including phenoxy) is 1. The van der Waals surface area contributed by atoms with Gasteiger partial charge >= 0.3 is 0 Å². The van der Waals surface area contributed by atoms with E-state index in [-0.39, 0.29) is 0 Å². The lowest BCUT2D eigenvalue weighted by Gasteiger charge is -2.58. The van der Waals surface area contributed by atoms with Crippen LogP contribution in [0.5, 0.6) is 0 Å². The molecule has 166 valence electrons. The van der Waals surface area contributed by atoms with E-state index in [1.54, 1.807) is 11.1 Å². The third kappa shape index (κ3) is 4.09. The topological polar surface area (TPSA) is 27.7 Å². The molecule has 4 nitrogen and oxygen atoms in total. The van der Waals surface area contributed by atoms with Crippen LogP contribution in [0.15, 0.2) is 24.3 Å². The molecule has 1 aliphatic carbocycles. The Bertz CT molecular complexity index is 700. The van der Waals surface area contributed by atoms with Gasteiger partial charge in [0.25, 0.3) is 0 Å². The molecule has 3 aliphatic heterocycles. The molecule has 1 aromatic rings. The summed E-state index contributed by atoms with van der Waals surface area (Å²) in [6, 6.07) is 11.3. The number of hydrogen-bond donors (Lipinski definition) is 1. The average Bonchev–Trinajstić information content (AvgIpc) is 2.78. The van der Waals surface area contributed by atoms with Crippen molar-refractivity contribution in [3.8, 4) is 0 Å². The molecule has 4 aliphatic rings. The van der Waals surface area contributed by atoms with Gasteiger partial charge in [-0.2, -0.15) is 0 Å². The van der Waals surface area contributed by atoms with Gasteiger partial charge in [0.1, 0.15) is 0 Å². The molecule has 1 saturated carbocycles. The molecule has 0 aromatic heterocycles. The Morgan fingerprint density at radius 2 is 1.73 bits per heavy atom. The molecule has 1 aromatic carbocycles. The van der Waals surface area contributed by atoms with Gasteiger partial charge in [-0.05, 0) is 74.1 Å². The molecule has 1 spiro atoms. The quantitative estimate of drug-likeness (QED) is 0.804. The van der Waals surface area contributed by atoms with E-state index >= 15 is 0 Å². The van der Waals surface area contributed by atoms with Gasteiger partial charge in [0.15, 0.2) is 0 Å². The monoisotopic (exact) mass is 411 g/mol. The molecule has 30 heavy (non-hydrogen) atoms. The molecule has 0 amide bonds. The van der Waals surface area contributed by atoms with Crippen molar-refractivity contribution in [2.45, 2.75) is 76.4 Å². The molecular weight excluding hydrogens is 370 g/mol. The highest BCUT2D eigenvalue weighted by atomic mass is 16.5. The molecule has 1 N–H and O–H groups in total. The predicted octanol–water partition coefficient (Wildman–Crippen LogP) is 4.18. The summed E-state index contributed by atoms with van der Waals surface area (Å²) in [6.07, 6.45) is 8.03. The van der Waals surface area contributed by atoms with E-state index in [4.69, 9.17) is 4.74 Å². The minimum absolute atomic E-state index is 0.546. The van der Waals surface area contributed by atoms with Crippen LogP contribution in [-0.4, -0.2) is 67.8 Å². The summed E-state index contributed by atoms with van der Waals surface area (Å²) in [5.41, 5.74) is 3.79. The smallest absolute Gasteiger partial charge is 0.0481 e. The maximum Gasteiger partial charge on any atom is 0.0481 e. The Balaban J connectivity index is 1.37. The molecule has 4 fully saturated rings. The number of nitrogens with zero attached hydrogens (tertiary/aromatic N) is 2. The number of piperazine rings is 1. The Hall–Kier alpha value is -0.940. The summed E-state index contributed by atoms with van der Waals surface area (Å²) in [7, 11) is 0. The van der Waals surface area contributed by atoms with Crippen LogP contribution in [0, 0.1) is 5.41 Å². The van der Waals surface area contributed by atoms with Gasteiger partial charge in [0.2, 0.25) is 0 Å². The van der Waals surface area contributed by atoms with E-state index in [0.717, 1.165) is 19.3 Å². The third-order valence-corrected chi connectivity index (χ3v) is 8.61. The lowest BCUT2D eigenvalue weighted by Crippen LogP contribution is -2.61. The highest BCUT2D eigenvalue weighted by molar-refractivity contribution is 5.33. The Morgan fingerprint density at radius 3 is 2.47 bits per heavy atom. The fourth-order valence-electron chi connectivity index (χ4n) is 6.79. The molecule has 3 saturated heterocycles. The first-order chi connectivity index (χ1) is 14.7. The lowest BCUT2D eigenvalue weighted by atomic mass is 9.60. The molecule has 1 atom stereocenters. The van der Waals surface area contributed by atoms with Gasteiger partial charge in [0, 0.05) is 51.0 Å². The van der Waals surface area contributed by atoms with Crippen molar-refractivity contribution in [2.24, 2.45) is 5.41 Å². The van der Waals surface area contributed by atoms with Gasteiger partial charge in [-0.3, -0.25) is 9.80 Å². The van der Waals surface area contributed by atoms with Crippen LogP contribution in [-0.2, 0) is 4.74 Å². The van der Waals surface area contributed by atoms with Crippen molar-refractivity contribution in [1.29, 1.82) is 0 Å². The minimum atomic E-state index is 0.546. The number of rotatable bonds is 4. The molecule has 4 heteroatoms. The zero-order valence-electron chi connectivity index (χ0n) is 19.1. The first-order valence-electron chi connectivity index (χ1n) is 12.5. The molecule has 3 heterocycles. The normalized spacial score (nSPS) is 29.4. The largest absolute Gasteiger partial charge is 0.381 e. The van der Waals surface area contributed by atoms with E-state index in [9.17, 15) is 0 Å². The van der Waals surface area contributed by atoms with Crippen molar-refractivity contribution in [3.63, 3.8) is 0 Å². The minimum Gasteiger partial charge on any atom is -0.381 e. The van der Waals surface area contributed by atoms with E-state index in [1.165, 1.54) is 71.2 Å². The first kappa shape index (κ1) is 20.9. The maximum atomic E-state index is 5.66. The standard InChI is InChI=1S/C26H41N3O/c1-20(2)23-5-3-4-6-24(23)25-19-28(21-7-15-30-16-8-21)13-14-29(25)22-17-26(18-22)9-11-27-12-10-26/h3-6,20-22,25,27H,7-19H2,1-2H3. The van der Waals surface area contributed by atoms with Crippen LogP contribution in [0.2, 0.25) is 0 Å². The number of benzene rings is 1. The summed E-state index contributed by atoms with van der Waals surface area (Å²) in [6.45, 7) is 12.7. The van der Waals surface area contributed by atoms with Crippen molar-refractivity contribution in [1.82, 2.24) is 15.1 Å². The average molecular weight is 412 g/mol. The van der Waals surface area contributed by atoms with Gasteiger partial charge in [0.05, 0.1) is 0 Å². The van der Waals surface area contributed by atoms with Crippen LogP contribution in [0.4, 0.5) is 0 Å². The van der Waals surface area contributed by atoms with Crippen molar-refractivity contribution >= 4 is 0 Å². The predicted molar refractivity (Wildman–Crippen MR) is 123 cm³/mol. The summed E-state index contributed by atoms with van der Waals surface area (Å²) in [5.74, 6) is 0.582. The second-order valence-electron chi connectivity index (χ2n) is 10.7. The summed E-state index contributed by atoms with van der Waals surface area (Å²) in [4.78, 5) is 5.73. The zero-order chi connectivity index (χ0) is 20.6. The lowest BCUT2D eigenvalue weighted by molar-refractivity contribution is -0.0768. The number of piperidine rings is 1. The van der Waals surface area contributed by atoms with E-state index in [1.807, 2.05) is 0 Å². The van der Waals surface area contributed by atoms with Gasteiger partial charge in [-0.15, -0.1) is 0 Å². The van der Waals surface area contributed by atoms with E-state index in [0.29, 0.717) is 23.4 Å². The Morgan fingerprint density at radius 1 is 1.00 bits per heavy atom. The fourth-order valence-corrected chi connectivity index (χ4v) is 6.79. The summed E-state index contributed by atoms with van der Waals surface area (Å²) in [5, 5.41) is 3.57. The van der Waals surface area contributed by atoms with Crippen LogP contribution in [0.1, 0.15) is 75.5 Å². The molecule has 0 radical (unpaired) electrons. The van der Waals surface area contributed by atoms with Gasteiger partial charge < -0.3 is 10.1 Å². The second-order valence-corrected chi connectivity index (χ2v) is 10.7. The van der Waals surface area contributed by atoms with Crippen LogP contribution in [0.25, 0.3) is 0 Å². The van der Waals surface area contributed by atoms with Crippen LogP contribution >= 0.6 is 0 Å². The Labute approximate surface area is 183 Å².